The summed E-state index contributed by atoms with van der Waals surface area (Å²) in [4.78, 5) is 23.5. The van der Waals surface area contributed by atoms with Crippen LogP contribution in [0.15, 0.2) is 115 Å². The van der Waals surface area contributed by atoms with Crippen LogP contribution < -0.4 is 10.6 Å². The number of benzene rings is 4. The summed E-state index contributed by atoms with van der Waals surface area (Å²) in [7, 11) is 0. The topological polar surface area (TPSA) is 58.2 Å². The van der Waals surface area contributed by atoms with Crippen LogP contribution in [0.4, 0.5) is 17.6 Å². The van der Waals surface area contributed by atoms with Crippen LogP contribution in [-0.4, -0.2) is 24.9 Å². The van der Waals surface area contributed by atoms with Gasteiger partial charge in [-0.05, 0) is 37.1 Å². The van der Waals surface area contributed by atoms with Crippen molar-refractivity contribution in [2.75, 3.05) is 13.1 Å². The van der Waals surface area contributed by atoms with Crippen molar-refractivity contribution in [1.82, 2.24) is 10.6 Å². The summed E-state index contributed by atoms with van der Waals surface area (Å²) in [6, 6.07) is 36.9. The molecule has 0 saturated heterocycles. The van der Waals surface area contributed by atoms with Gasteiger partial charge in [-0.2, -0.15) is 30.3 Å². The molecular formula is C37H33F4N2O2Ti. The molecule has 2 amide bonds. The molecule has 235 valence electrons. The molecule has 0 unspecified atom stereocenters. The number of aryl methyl sites for hydroxylation is 2. The molecule has 0 saturated carbocycles. The summed E-state index contributed by atoms with van der Waals surface area (Å²) < 4.78 is 52.0. The molecule has 5 aromatic rings. The molecule has 4 nitrogen and oxygen atoms in total. The van der Waals surface area contributed by atoms with E-state index in [1.165, 1.54) is 24.3 Å². The first kappa shape index (κ1) is 37.8. The number of rotatable bonds is 10. The molecule has 5 aromatic carbocycles. The molecule has 46 heavy (non-hydrogen) atoms. The Balaban J connectivity index is 0.000000272. The minimum Gasteiger partial charge on any atom is -0.352 e. The Bertz CT molecular complexity index is 1460. The van der Waals surface area contributed by atoms with Crippen molar-refractivity contribution in [3.05, 3.63) is 173 Å². The third kappa shape index (κ3) is 14.1. The van der Waals surface area contributed by atoms with E-state index in [4.69, 9.17) is 0 Å². The monoisotopic (exact) mass is 661 g/mol. The minimum atomic E-state index is -0.705. The molecule has 0 fully saturated rings. The Morgan fingerprint density at radius 1 is 0.565 bits per heavy atom. The predicted octanol–water partition coefficient (Wildman–Crippen LogP) is 7.66. The first-order valence-electron chi connectivity index (χ1n) is 14.4. The summed E-state index contributed by atoms with van der Waals surface area (Å²) in [6.07, 6.45) is 2.01. The van der Waals surface area contributed by atoms with Crippen molar-refractivity contribution in [1.29, 1.82) is 0 Å². The van der Waals surface area contributed by atoms with Crippen molar-refractivity contribution < 1.29 is 48.9 Å². The van der Waals surface area contributed by atoms with E-state index in [1.807, 2.05) is 54.6 Å². The zero-order valence-electron chi connectivity index (χ0n) is 25.0. The average molecular weight is 662 g/mol. The van der Waals surface area contributed by atoms with E-state index in [2.05, 4.69) is 10.6 Å². The average Bonchev–Trinajstić information content (AvgIpc) is 3.65. The number of carbonyl (C=O) groups is 2. The molecule has 0 aliphatic carbocycles. The second kappa shape index (κ2) is 21.4. The van der Waals surface area contributed by atoms with Gasteiger partial charge in [-0.1, -0.05) is 49.2 Å². The van der Waals surface area contributed by atoms with Crippen LogP contribution in [0.25, 0.3) is 0 Å². The second-order valence-corrected chi connectivity index (χ2v) is 9.70. The van der Waals surface area contributed by atoms with E-state index in [-0.39, 0.29) is 33.5 Å². The summed E-state index contributed by atoms with van der Waals surface area (Å²) >= 11 is 0. The van der Waals surface area contributed by atoms with Crippen molar-refractivity contribution in [2.45, 2.75) is 25.7 Å². The van der Waals surface area contributed by atoms with Gasteiger partial charge in [0.2, 0.25) is 0 Å². The second-order valence-electron chi connectivity index (χ2n) is 9.70. The zero-order chi connectivity index (χ0) is 32.3. The van der Waals surface area contributed by atoms with Gasteiger partial charge >= 0.3 is 21.7 Å². The molecule has 0 heterocycles. The maximum atomic E-state index is 13.3. The molecule has 0 spiro atoms. The van der Waals surface area contributed by atoms with Gasteiger partial charge in [0.25, 0.3) is 11.8 Å². The van der Waals surface area contributed by atoms with Crippen molar-refractivity contribution >= 4 is 11.8 Å². The fraction of sp³-hybridized carbons (Fsp3) is 0.162. The number of hydrogen-bond acceptors (Lipinski definition) is 2. The Morgan fingerprint density at radius 2 is 0.957 bits per heavy atom. The summed E-state index contributed by atoms with van der Waals surface area (Å²) in [5, 5.41) is 5.51. The van der Waals surface area contributed by atoms with Gasteiger partial charge in [0.05, 0.1) is 0 Å². The molecule has 0 bridgehead atoms. The van der Waals surface area contributed by atoms with Crippen LogP contribution in [0.5, 0.6) is 0 Å². The Kier molecular flexibility index (Phi) is 17.5. The van der Waals surface area contributed by atoms with Crippen molar-refractivity contribution in [3.8, 4) is 0 Å². The fourth-order valence-electron chi connectivity index (χ4n) is 4.00. The van der Waals surface area contributed by atoms with Crippen molar-refractivity contribution in [2.24, 2.45) is 0 Å². The van der Waals surface area contributed by atoms with E-state index in [1.54, 1.807) is 48.5 Å². The minimum absolute atomic E-state index is 0. The van der Waals surface area contributed by atoms with Crippen LogP contribution >= 0.6 is 0 Å². The number of halogens is 4. The van der Waals surface area contributed by atoms with Crippen LogP contribution in [0.3, 0.4) is 0 Å². The largest absolute Gasteiger partial charge is 3.00 e. The third-order valence-corrected chi connectivity index (χ3v) is 6.33. The fourth-order valence-corrected chi connectivity index (χ4v) is 4.00. The van der Waals surface area contributed by atoms with Gasteiger partial charge in [-0.25, -0.2) is 29.7 Å². The SMILES string of the molecule is O=C(NCCCc1ccc(F)[c-]c1F)c1ccccc1.O=C(NCCCc1ccc(F)[c-]c1F)c1ccccc1.[Ti+3].c1cc[cH-]c1. The van der Waals surface area contributed by atoms with Gasteiger partial charge in [0.1, 0.15) is 0 Å². The van der Waals surface area contributed by atoms with Crippen LogP contribution in [0.1, 0.15) is 44.7 Å². The first-order valence-corrected chi connectivity index (χ1v) is 14.4. The van der Waals surface area contributed by atoms with Crippen LogP contribution in [0, 0.1) is 35.4 Å². The zero-order valence-corrected chi connectivity index (χ0v) is 26.6. The summed E-state index contributed by atoms with van der Waals surface area (Å²) in [6.45, 7) is 0.870. The Morgan fingerprint density at radius 3 is 1.28 bits per heavy atom. The van der Waals surface area contributed by atoms with Gasteiger partial charge in [0, 0.05) is 47.5 Å². The summed E-state index contributed by atoms with van der Waals surface area (Å²) in [5.74, 6) is -3.06. The van der Waals surface area contributed by atoms with E-state index in [0.29, 0.717) is 61.0 Å². The van der Waals surface area contributed by atoms with Crippen LogP contribution in [-0.2, 0) is 34.6 Å². The normalized spacial score (nSPS) is 9.83. The van der Waals surface area contributed by atoms with E-state index >= 15 is 0 Å². The maximum absolute atomic E-state index is 13.3. The maximum Gasteiger partial charge on any atom is 3.00 e. The van der Waals surface area contributed by atoms with E-state index < -0.39 is 23.3 Å². The van der Waals surface area contributed by atoms with Gasteiger partial charge in [-0.3, -0.25) is 9.59 Å². The molecule has 2 N–H and O–H groups in total. The molecule has 1 radical (unpaired) electrons. The van der Waals surface area contributed by atoms with Gasteiger partial charge in [-0.15, -0.1) is 35.4 Å². The van der Waals surface area contributed by atoms with E-state index in [0.717, 1.165) is 0 Å². The molecule has 0 aliphatic heterocycles. The van der Waals surface area contributed by atoms with Gasteiger partial charge in [0.15, 0.2) is 0 Å². The predicted molar refractivity (Wildman–Crippen MR) is 167 cm³/mol. The van der Waals surface area contributed by atoms with Gasteiger partial charge < -0.3 is 10.6 Å². The molecule has 9 heteroatoms. The van der Waals surface area contributed by atoms with Crippen molar-refractivity contribution in [3.63, 3.8) is 0 Å². The first-order chi connectivity index (χ1) is 21.8. The molecular weight excluding hydrogens is 628 g/mol. The number of nitrogens with one attached hydrogen (secondary N) is 2. The smallest absolute Gasteiger partial charge is 0.352 e. The quantitative estimate of drug-likeness (QED) is 0.0700. The number of carbonyl (C=O) groups excluding carboxylic acids is 2. The third-order valence-electron chi connectivity index (χ3n) is 6.33. The van der Waals surface area contributed by atoms with E-state index in [9.17, 15) is 27.2 Å². The Labute approximate surface area is 282 Å². The number of hydrogen-bond donors (Lipinski definition) is 2. The number of amides is 2. The molecule has 0 aliphatic rings. The summed E-state index contributed by atoms with van der Waals surface area (Å²) in [5.41, 5.74) is 1.99. The van der Waals surface area contributed by atoms with Crippen LogP contribution in [0.2, 0.25) is 0 Å². The molecule has 0 aromatic heterocycles. The molecule has 5 rings (SSSR count). The molecule has 0 atom stereocenters. The Hall–Kier alpha value is -4.40. The standard InChI is InChI=1S/2C16H14F2NO.C5H5.Ti/c2*17-14-9-8-12(15(18)11-14)7-4-10-19-16(20)13-5-2-1-3-6-13;1-2-4-5-3-1;/h2*1-3,5-6,8-9H,4,7,10H2,(H,19,20);1-5H;/q3*-1;+3.